The zero-order valence-corrected chi connectivity index (χ0v) is 12.4. The van der Waals surface area contributed by atoms with E-state index >= 15 is 0 Å². The second kappa shape index (κ2) is 5.98. The lowest BCUT2D eigenvalue weighted by atomic mass is 10.0. The van der Waals surface area contributed by atoms with Crippen LogP contribution in [0.1, 0.15) is 22.3 Å². The van der Waals surface area contributed by atoms with Gasteiger partial charge < -0.3 is 5.32 Å². The Morgan fingerprint density at radius 1 is 1.10 bits per heavy atom. The number of aryl methyl sites for hydroxylation is 1. The maximum atomic E-state index is 12.7. The molecule has 0 aromatic heterocycles. The van der Waals surface area contributed by atoms with Crippen molar-refractivity contribution in [1.82, 2.24) is 0 Å². The summed E-state index contributed by atoms with van der Waals surface area (Å²) in [7, 11) is 0. The summed E-state index contributed by atoms with van der Waals surface area (Å²) in [5, 5.41) is 3.25. The minimum absolute atomic E-state index is 0.272. The molecule has 0 spiro atoms. The standard InChI is InChI=1S/C16H15ClF3N/c1-10-4-3-5-12(11(10)2)9-21-15-8-13(16(18,19)20)6-7-14(15)17/h3-8,21H,9H2,1-2H3. The molecule has 2 aromatic rings. The molecule has 0 radical (unpaired) electrons. The first-order valence-electron chi connectivity index (χ1n) is 6.45. The fraction of sp³-hybridized carbons (Fsp3) is 0.250. The van der Waals surface area contributed by atoms with Crippen LogP contribution in [-0.4, -0.2) is 0 Å². The summed E-state index contributed by atoms with van der Waals surface area (Å²) in [5.41, 5.74) is 2.86. The van der Waals surface area contributed by atoms with Gasteiger partial charge in [0.25, 0.3) is 0 Å². The molecule has 2 rings (SSSR count). The van der Waals surface area contributed by atoms with E-state index in [9.17, 15) is 13.2 Å². The lowest BCUT2D eigenvalue weighted by molar-refractivity contribution is -0.137. The Hall–Kier alpha value is -1.68. The maximum absolute atomic E-state index is 12.7. The molecule has 1 nitrogen and oxygen atoms in total. The maximum Gasteiger partial charge on any atom is 0.416 e. The highest BCUT2D eigenvalue weighted by molar-refractivity contribution is 6.33. The summed E-state index contributed by atoms with van der Waals surface area (Å²) in [6.07, 6.45) is -4.37. The van der Waals surface area contributed by atoms with Crippen molar-refractivity contribution < 1.29 is 13.2 Å². The van der Waals surface area contributed by atoms with Gasteiger partial charge in [0.05, 0.1) is 16.3 Å². The van der Waals surface area contributed by atoms with E-state index < -0.39 is 11.7 Å². The van der Waals surface area contributed by atoms with Gasteiger partial charge in [0.15, 0.2) is 0 Å². The van der Waals surface area contributed by atoms with Crippen LogP contribution >= 0.6 is 11.6 Å². The number of benzene rings is 2. The summed E-state index contributed by atoms with van der Waals surface area (Å²) in [6.45, 7) is 4.41. The molecule has 5 heteroatoms. The smallest absolute Gasteiger partial charge is 0.380 e. The normalized spacial score (nSPS) is 11.5. The highest BCUT2D eigenvalue weighted by atomic mass is 35.5. The highest BCUT2D eigenvalue weighted by Gasteiger charge is 2.30. The van der Waals surface area contributed by atoms with Crippen molar-refractivity contribution in [2.24, 2.45) is 0 Å². The Morgan fingerprint density at radius 3 is 2.48 bits per heavy atom. The van der Waals surface area contributed by atoms with Crippen LogP contribution in [-0.2, 0) is 12.7 Å². The third-order valence-electron chi connectivity index (χ3n) is 3.48. The van der Waals surface area contributed by atoms with Crippen molar-refractivity contribution >= 4 is 17.3 Å². The molecule has 2 aromatic carbocycles. The number of alkyl halides is 3. The van der Waals surface area contributed by atoms with E-state index in [1.165, 1.54) is 6.07 Å². The Bertz CT molecular complexity index is 650. The van der Waals surface area contributed by atoms with Crippen molar-refractivity contribution in [3.63, 3.8) is 0 Å². The van der Waals surface area contributed by atoms with E-state index in [0.29, 0.717) is 6.54 Å². The average molecular weight is 314 g/mol. The van der Waals surface area contributed by atoms with Gasteiger partial charge in [-0.2, -0.15) is 13.2 Å². The molecule has 21 heavy (non-hydrogen) atoms. The number of hydrogen-bond acceptors (Lipinski definition) is 1. The number of nitrogens with one attached hydrogen (secondary N) is 1. The van der Waals surface area contributed by atoms with Gasteiger partial charge in [0, 0.05) is 6.54 Å². The molecule has 0 heterocycles. The SMILES string of the molecule is Cc1cccc(CNc2cc(C(F)(F)F)ccc2Cl)c1C. The molecule has 0 bridgehead atoms. The second-order valence-electron chi connectivity index (χ2n) is 4.90. The van der Waals surface area contributed by atoms with E-state index in [1.54, 1.807) is 0 Å². The Kier molecular flexibility index (Phi) is 4.47. The van der Waals surface area contributed by atoms with Crippen LogP contribution in [0.3, 0.4) is 0 Å². The molecule has 0 aliphatic heterocycles. The second-order valence-corrected chi connectivity index (χ2v) is 5.31. The quantitative estimate of drug-likeness (QED) is 0.779. The monoisotopic (exact) mass is 313 g/mol. The summed E-state index contributed by atoms with van der Waals surface area (Å²) in [6, 6.07) is 9.13. The highest BCUT2D eigenvalue weighted by Crippen LogP contribution is 2.34. The lowest BCUT2D eigenvalue weighted by Crippen LogP contribution is -2.07. The third-order valence-corrected chi connectivity index (χ3v) is 3.81. The van der Waals surface area contributed by atoms with E-state index in [4.69, 9.17) is 11.6 Å². The van der Waals surface area contributed by atoms with Crippen molar-refractivity contribution in [3.05, 3.63) is 63.7 Å². The van der Waals surface area contributed by atoms with Gasteiger partial charge in [0.2, 0.25) is 0 Å². The molecule has 0 fully saturated rings. The number of hydrogen-bond donors (Lipinski definition) is 1. The minimum Gasteiger partial charge on any atom is -0.380 e. The van der Waals surface area contributed by atoms with Crippen LogP contribution in [0.2, 0.25) is 5.02 Å². The molecular formula is C16H15ClF3N. The molecule has 0 aliphatic carbocycles. The molecule has 0 amide bonds. The van der Waals surface area contributed by atoms with Crippen LogP contribution in [0, 0.1) is 13.8 Å². The van der Waals surface area contributed by atoms with Crippen molar-refractivity contribution in [1.29, 1.82) is 0 Å². The fourth-order valence-electron chi connectivity index (χ4n) is 2.03. The molecular weight excluding hydrogens is 299 g/mol. The first kappa shape index (κ1) is 15.7. The van der Waals surface area contributed by atoms with Crippen molar-refractivity contribution in [2.75, 3.05) is 5.32 Å². The predicted molar refractivity (Wildman–Crippen MR) is 79.7 cm³/mol. The zero-order chi connectivity index (χ0) is 15.6. The first-order valence-corrected chi connectivity index (χ1v) is 6.82. The molecule has 1 N–H and O–H groups in total. The number of rotatable bonds is 3. The average Bonchev–Trinajstić information content (AvgIpc) is 2.40. The van der Waals surface area contributed by atoms with Gasteiger partial charge in [-0.15, -0.1) is 0 Å². The molecule has 0 unspecified atom stereocenters. The topological polar surface area (TPSA) is 12.0 Å². The van der Waals surface area contributed by atoms with Crippen molar-refractivity contribution in [2.45, 2.75) is 26.6 Å². The third kappa shape index (κ3) is 3.70. The van der Waals surface area contributed by atoms with Crippen LogP contribution in [0.25, 0.3) is 0 Å². The minimum atomic E-state index is -4.37. The van der Waals surface area contributed by atoms with E-state index in [0.717, 1.165) is 28.8 Å². The zero-order valence-electron chi connectivity index (χ0n) is 11.7. The summed E-state index contributed by atoms with van der Waals surface area (Å²) in [4.78, 5) is 0. The summed E-state index contributed by atoms with van der Waals surface area (Å²) < 4.78 is 38.1. The van der Waals surface area contributed by atoms with Gasteiger partial charge in [-0.25, -0.2) is 0 Å². The van der Waals surface area contributed by atoms with Gasteiger partial charge in [0.1, 0.15) is 0 Å². The molecule has 0 saturated carbocycles. The Labute approximate surface area is 126 Å². The van der Waals surface area contributed by atoms with Crippen LogP contribution in [0.4, 0.5) is 18.9 Å². The molecule has 0 aliphatic rings. The first-order chi connectivity index (χ1) is 9.79. The number of halogens is 4. The summed E-state index contributed by atoms with van der Waals surface area (Å²) >= 11 is 5.95. The Morgan fingerprint density at radius 2 is 1.81 bits per heavy atom. The largest absolute Gasteiger partial charge is 0.416 e. The van der Waals surface area contributed by atoms with Gasteiger partial charge in [-0.3, -0.25) is 0 Å². The number of anilines is 1. The van der Waals surface area contributed by atoms with Gasteiger partial charge >= 0.3 is 6.18 Å². The van der Waals surface area contributed by atoms with Crippen LogP contribution < -0.4 is 5.32 Å². The van der Waals surface area contributed by atoms with Gasteiger partial charge in [-0.1, -0.05) is 29.8 Å². The van der Waals surface area contributed by atoms with E-state index in [1.807, 2.05) is 32.0 Å². The molecule has 0 atom stereocenters. The van der Waals surface area contributed by atoms with Crippen molar-refractivity contribution in [3.8, 4) is 0 Å². The van der Waals surface area contributed by atoms with E-state index in [2.05, 4.69) is 5.32 Å². The van der Waals surface area contributed by atoms with Gasteiger partial charge in [-0.05, 0) is 48.7 Å². The molecule has 0 saturated heterocycles. The Balaban J connectivity index is 2.22. The fourth-order valence-corrected chi connectivity index (χ4v) is 2.22. The van der Waals surface area contributed by atoms with E-state index in [-0.39, 0.29) is 10.7 Å². The summed E-state index contributed by atoms with van der Waals surface area (Å²) in [5.74, 6) is 0. The van der Waals surface area contributed by atoms with Crippen LogP contribution in [0.15, 0.2) is 36.4 Å². The lowest BCUT2D eigenvalue weighted by Gasteiger charge is -2.14. The van der Waals surface area contributed by atoms with Crippen LogP contribution in [0.5, 0.6) is 0 Å². The predicted octanol–water partition coefficient (Wildman–Crippen LogP) is 5.59. The molecule has 112 valence electrons.